The second-order valence-electron chi connectivity index (χ2n) is 5.13. The Kier molecular flexibility index (Phi) is 6.53. The molecule has 0 spiro atoms. The third-order valence-electron chi connectivity index (χ3n) is 3.25. The molecule has 0 saturated heterocycles. The lowest BCUT2D eigenvalue weighted by atomic mass is 10.2. The van der Waals surface area contributed by atoms with Crippen molar-refractivity contribution in [1.82, 2.24) is 5.32 Å². The zero-order valence-electron chi connectivity index (χ0n) is 12.4. The van der Waals surface area contributed by atoms with Gasteiger partial charge in [-0.25, -0.2) is 0 Å². The van der Waals surface area contributed by atoms with E-state index < -0.39 is 0 Å². The minimum absolute atomic E-state index is 0.498. The van der Waals surface area contributed by atoms with Crippen molar-refractivity contribution in [3.05, 3.63) is 23.2 Å². The average Bonchev–Trinajstić information content (AvgIpc) is 3.20. The van der Waals surface area contributed by atoms with Crippen molar-refractivity contribution in [3.63, 3.8) is 0 Å². The molecule has 0 amide bonds. The van der Waals surface area contributed by atoms with Gasteiger partial charge in [-0.05, 0) is 31.4 Å². The topological polar surface area (TPSA) is 52.9 Å². The van der Waals surface area contributed by atoms with E-state index in [-0.39, 0.29) is 0 Å². The molecule has 1 fully saturated rings. The molecular formula is C15H25NO4. The summed E-state index contributed by atoms with van der Waals surface area (Å²) in [5.74, 6) is 1.90. The molecule has 1 aromatic rings. The van der Waals surface area contributed by atoms with Crippen molar-refractivity contribution in [2.45, 2.75) is 39.0 Å². The van der Waals surface area contributed by atoms with Crippen LogP contribution in [0.25, 0.3) is 0 Å². The van der Waals surface area contributed by atoms with Crippen molar-refractivity contribution < 1.29 is 18.6 Å². The zero-order valence-corrected chi connectivity index (χ0v) is 12.4. The molecule has 0 unspecified atom stereocenters. The summed E-state index contributed by atoms with van der Waals surface area (Å²) < 4.78 is 21.5. The van der Waals surface area contributed by atoms with E-state index in [9.17, 15) is 0 Å². The summed E-state index contributed by atoms with van der Waals surface area (Å²) in [5, 5.41) is 3.46. The highest BCUT2D eigenvalue weighted by molar-refractivity contribution is 5.19. The number of methoxy groups -OCH3 is 1. The van der Waals surface area contributed by atoms with Crippen LogP contribution in [0.3, 0.4) is 0 Å². The van der Waals surface area contributed by atoms with Crippen LogP contribution in [0.4, 0.5) is 0 Å². The quantitative estimate of drug-likeness (QED) is 0.630. The Balaban J connectivity index is 1.59. The van der Waals surface area contributed by atoms with Crippen LogP contribution < -0.4 is 5.32 Å². The van der Waals surface area contributed by atoms with Crippen molar-refractivity contribution in [3.8, 4) is 0 Å². The van der Waals surface area contributed by atoms with Gasteiger partial charge in [-0.2, -0.15) is 0 Å². The lowest BCUT2D eigenvalue weighted by Crippen LogP contribution is -2.15. The van der Waals surface area contributed by atoms with Crippen molar-refractivity contribution >= 4 is 0 Å². The number of rotatable bonds is 11. The van der Waals surface area contributed by atoms with E-state index in [0.717, 1.165) is 18.1 Å². The van der Waals surface area contributed by atoms with Gasteiger partial charge in [0.2, 0.25) is 0 Å². The van der Waals surface area contributed by atoms with Crippen LogP contribution in [0.15, 0.2) is 10.5 Å². The highest BCUT2D eigenvalue weighted by Gasteiger charge is 2.21. The maximum absolute atomic E-state index is 5.79. The Morgan fingerprint density at radius 1 is 1.20 bits per heavy atom. The van der Waals surface area contributed by atoms with Gasteiger partial charge in [0.1, 0.15) is 18.1 Å². The Morgan fingerprint density at radius 2 is 1.95 bits per heavy atom. The van der Waals surface area contributed by atoms with Crippen molar-refractivity contribution in [1.29, 1.82) is 0 Å². The number of hydrogen-bond acceptors (Lipinski definition) is 5. The monoisotopic (exact) mass is 283 g/mol. The Morgan fingerprint density at radius 3 is 2.70 bits per heavy atom. The molecule has 20 heavy (non-hydrogen) atoms. The summed E-state index contributed by atoms with van der Waals surface area (Å²) in [4.78, 5) is 0. The third-order valence-corrected chi connectivity index (χ3v) is 3.25. The number of aryl methyl sites for hydroxylation is 1. The van der Waals surface area contributed by atoms with Gasteiger partial charge < -0.3 is 23.9 Å². The van der Waals surface area contributed by atoms with E-state index in [2.05, 4.69) is 18.3 Å². The van der Waals surface area contributed by atoms with E-state index in [1.807, 2.05) is 0 Å². The lowest BCUT2D eigenvalue weighted by molar-refractivity contribution is 0.0159. The highest BCUT2D eigenvalue weighted by Crippen LogP contribution is 2.21. The second kappa shape index (κ2) is 8.42. The molecule has 0 aromatic carbocycles. The molecular weight excluding hydrogens is 258 g/mol. The van der Waals surface area contributed by atoms with E-state index in [0.29, 0.717) is 39.1 Å². The molecule has 5 nitrogen and oxygen atoms in total. The van der Waals surface area contributed by atoms with Crippen molar-refractivity contribution in [2.24, 2.45) is 0 Å². The molecule has 0 aliphatic heterocycles. The molecule has 1 aliphatic carbocycles. The molecule has 0 radical (unpaired) electrons. The van der Waals surface area contributed by atoms with Gasteiger partial charge in [0.15, 0.2) is 0 Å². The number of hydrogen-bond donors (Lipinski definition) is 1. The number of nitrogens with one attached hydrogen (secondary N) is 1. The summed E-state index contributed by atoms with van der Waals surface area (Å²) in [6, 6.07) is 2.75. The molecule has 1 aromatic heterocycles. The SMILES string of the molecule is COCCOCCOCc1cc(C)c(CNC2CC2)o1. The summed E-state index contributed by atoms with van der Waals surface area (Å²) in [6.45, 7) is 5.77. The first-order valence-corrected chi connectivity index (χ1v) is 7.25. The fraction of sp³-hybridized carbons (Fsp3) is 0.733. The second-order valence-corrected chi connectivity index (χ2v) is 5.13. The van der Waals surface area contributed by atoms with Gasteiger partial charge in [-0.3, -0.25) is 0 Å². The van der Waals surface area contributed by atoms with Crippen LogP contribution >= 0.6 is 0 Å². The van der Waals surface area contributed by atoms with Crippen LogP contribution in [-0.2, 0) is 27.4 Å². The van der Waals surface area contributed by atoms with Gasteiger partial charge >= 0.3 is 0 Å². The lowest BCUT2D eigenvalue weighted by Gasteiger charge is -2.04. The number of ether oxygens (including phenoxy) is 3. The minimum Gasteiger partial charge on any atom is -0.462 e. The molecule has 1 N–H and O–H groups in total. The molecule has 114 valence electrons. The van der Waals surface area contributed by atoms with Crippen LogP contribution in [0.2, 0.25) is 0 Å². The predicted molar refractivity (Wildman–Crippen MR) is 75.7 cm³/mol. The Labute approximate surface area is 120 Å². The maximum atomic E-state index is 5.79. The van der Waals surface area contributed by atoms with Gasteiger partial charge in [0.25, 0.3) is 0 Å². The highest BCUT2D eigenvalue weighted by atomic mass is 16.5. The van der Waals surface area contributed by atoms with Crippen LogP contribution in [0, 0.1) is 6.92 Å². The third kappa shape index (κ3) is 5.63. The molecule has 5 heteroatoms. The van der Waals surface area contributed by atoms with Crippen LogP contribution in [0.1, 0.15) is 29.9 Å². The Bertz CT molecular complexity index is 387. The van der Waals surface area contributed by atoms with Crippen LogP contribution in [-0.4, -0.2) is 39.6 Å². The van der Waals surface area contributed by atoms with Gasteiger partial charge in [-0.15, -0.1) is 0 Å². The molecule has 2 rings (SSSR count). The molecule has 0 atom stereocenters. The van der Waals surface area contributed by atoms with E-state index in [4.69, 9.17) is 18.6 Å². The zero-order chi connectivity index (χ0) is 14.2. The first-order valence-electron chi connectivity index (χ1n) is 7.25. The first kappa shape index (κ1) is 15.5. The maximum Gasteiger partial charge on any atom is 0.130 e. The average molecular weight is 283 g/mol. The standard InChI is InChI=1S/C15H25NO4/c1-12-9-14(11-19-8-7-18-6-5-17-2)20-15(12)10-16-13-3-4-13/h9,13,16H,3-8,10-11H2,1-2H3. The summed E-state index contributed by atoms with van der Waals surface area (Å²) in [6.07, 6.45) is 2.58. The van der Waals surface area contributed by atoms with Gasteiger partial charge in [-0.1, -0.05) is 0 Å². The first-order chi connectivity index (χ1) is 9.79. The fourth-order valence-electron chi connectivity index (χ4n) is 1.90. The number of furan rings is 1. The summed E-state index contributed by atoms with van der Waals surface area (Å²) in [5.41, 5.74) is 1.19. The predicted octanol–water partition coefficient (Wildman–Crippen LogP) is 2.02. The molecule has 1 heterocycles. The van der Waals surface area contributed by atoms with Crippen molar-refractivity contribution in [2.75, 3.05) is 33.5 Å². The molecule has 1 saturated carbocycles. The van der Waals surface area contributed by atoms with E-state index in [1.165, 1.54) is 18.4 Å². The molecule has 1 aliphatic rings. The van der Waals surface area contributed by atoms with Gasteiger partial charge in [0.05, 0.1) is 33.0 Å². The molecule has 0 bridgehead atoms. The van der Waals surface area contributed by atoms with Crippen LogP contribution in [0.5, 0.6) is 0 Å². The summed E-state index contributed by atoms with van der Waals surface area (Å²) in [7, 11) is 1.66. The van der Waals surface area contributed by atoms with E-state index >= 15 is 0 Å². The fourth-order valence-corrected chi connectivity index (χ4v) is 1.90. The Hall–Kier alpha value is -0.880. The summed E-state index contributed by atoms with van der Waals surface area (Å²) >= 11 is 0. The smallest absolute Gasteiger partial charge is 0.130 e. The normalized spacial score (nSPS) is 14.9. The van der Waals surface area contributed by atoms with E-state index in [1.54, 1.807) is 7.11 Å². The van der Waals surface area contributed by atoms with Gasteiger partial charge in [0, 0.05) is 13.2 Å². The minimum atomic E-state index is 0.498. The largest absolute Gasteiger partial charge is 0.462 e.